The van der Waals surface area contributed by atoms with E-state index in [2.05, 4.69) is 84.4 Å². The van der Waals surface area contributed by atoms with Crippen LogP contribution in [0.3, 0.4) is 0 Å². The van der Waals surface area contributed by atoms with Crippen LogP contribution >= 0.6 is 0 Å². The van der Waals surface area contributed by atoms with Gasteiger partial charge in [-0.1, -0.05) is 0 Å². The average molecular weight is 598 g/mol. The summed E-state index contributed by atoms with van der Waals surface area (Å²) >= 11 is 2.10. The fourth-order valence-electron chi connectivity index (χ4n) is 3.12. The molecule has 0 atom stereocenters. The number of benzene rings is 4. The summed E-state index contributed by atoms with van der Waals surface area (Å²) in [7, 11) is 0. The Balaban J connectivity index is 1.75. The van der Waals surface area contributed by atoms with Crippen LogP contribution in [-0.4, -0.2) is 56.2 Å². The van der Waals surface area contributed by atoms with E-state index in [-0.39, 0.29) is 0 Å². The Bertz CT molecular complexity index is 974. The first-order chi connectivity index (χ1) is 12.8. The Kier molecular flexibility index (Phi) is 6.27. The summed E-state index contributed by atoms with van der Waals surface area (Å²) in [6.07, 6.45) is 0. The number of hydrogen-bond donors (Lipinski definition) is 0. The molecule has 0 aliphatic carbocycles. The van der Waals surface area contributed by atoms with Gasteiger partial charge in [-0.3, -0.25) is 0 Å². The van der Waals surface area contributed by atoms with Crippen LogP contribution in [0.4, 0.5) is 0 Å². The van der Waals surface area contributed by atoms with E-state index in [1.54, 1.807) is 28.6 Å². The quantitative estimate of drug-likeness (QED) is 0.309. The first-order valence-electron chi connectivity index (χ1n) is 8.28. The van der Waals surface area contributed by atoms with Crippen LogP contribution in [0.5, 0.6) is 0 Å². The van der Waals surface area contributed by atoms with E-state index in [1.807, 2.05) is 0 Å². The Morgan fingerprint density at radius 1 is 0.462 bits per heavy atom. The molecule has 130 valence electrons. The molecule has 0 bridgehead atoms. The van der Waals surface area contributed by atoms with Gasteiger partial charge in [0.15, 0.2) is 0 Å². The summed E-state index contributed by atoms with van der Waals surface area (Å²) < 4.78 is 6.29. The Morgan fingerprint density at radius 3 is 1.15 bits per heavy atom. The van der Waals surface area contributed by atoms with Crippen LogP contribution in [0, 0.1) is 0 Å². The molecule has 4 heteroatoms. The van der Waals surface area contributed by atoms with Crippen LogP contribution in [0.2, 0.25) is 11.6 Å². The van der Waals surface area contributed by atoms with Crippen LogP contribution in [0.15, 0.2) is 72.8 Å². The molecule has 26 heavy (non-hydrogen) atoms. The van der Waals surface area contributed by atoms with Gasteiger partial charge in [0.1, 0.15) is 0 Å². The zero-order chi connectivity index (χ0) is 17.9. The second-order valence-corrected chi connectivity index (χ2v) is 15.5. The molecule has 0 saturated carbocycles. The number of fused-ring (bicyclic) bond motifs is 2. The molecule has 4 aromatic carbocycles. The molecule has 0 spiro atoms. The van der Waals surface area contributed by atoms with Crippen molar-refractivity contribution in [1.29, 1.82) is 0 Å². The molecular formula is C22H18Se4. The molecule has 0 amide bonds. The van der Waals surface area contributed by atoms with Gasteiger partial charge in [0.25, 0.3) is 0 Å². The van der Waals surface area contributed by atoms with E-state index in [0.29, 0.717) is 56.2 Å². The van der Waals surface area contributed by atoms with Crippen molar-refractivity contribution in [2.24, 2.45) is 0 Å². The van der Waals surface area contributed by atoms with Crippen LogP contribution in [0.25, 0.3) is 21.5 Å². The normalized spacial score (nSPS) is 11.3. The predicted octanol–water partition coefficient (Wildman–Crippen LogP) is 2.02. The van der Waals surface area contributed by atoms with Crippen molar-refractivity contribution in [2.45, 2.75) is 11.6 Å². The summed E-state index contributed by atoms with van der Waals surface area (Å²) in [6, 6.07) is 27.4. The van der Waals surface area contributed by atoms with Crippen LogP contribution in [-0.2, 0) is 0 Å². The van der Waals surface area contributed by atoms with Gasteiger partial charge in [-0.2, -0.15) is 0 Å². The third-order valence-corrected chi connectivity index (χ3v) is 14.8. The van der Waals surface area contributed by atoms with Gasteiger partial charge in [0, 0.05) is 0 Å². The summed E-state index contributed by atoms with van der Waals surface area (Å²) in [5, 5.41) is 5.91. The standard InChI is InChI=1S/C22H18Se4/c1-23-17-11-3-7-15-9-5-13-19(21(15)17)25-26-20-14-6-10-16-8-4-12-18(24-2)22(16)20/h3-14H,1-2H3. The van der Waals surface area contributed by atoms with Crippen molar-refractivity contribution in [1.82, 2.24) is 0 Å². The van der Waals surface area contributed by atoms with Gasteiger partial charge >= 0.3 is 180 Å². The minimum absolute atomic E-state index is 0.510. The Hall–Kier alpha value is -0.522. The van der Waals surface area contributed by atoms with Crippen LogP contribution < -0.4 is 17.8 Å². The van der Waals surface area contributed by atoms with Crippen molar-refractivity contribution in [2.75, 3.05) is 0 Å². The maximum atomic E-state index is 2.37. The number of hydrogen-bond acceptors (Lipinski definition) is 0. The van der Waals surface area contributed by atoms with E-state index in [9.17, 15) is 0 Å². The average Bonchev–Trinajstić information content (AvgIpc) is 2.71. The van der Waals surface area contributed by atoms with Crippen molar-refractivity contribution >= 4 is 95.6 Å². The van der Waals surface area contributed by atoms with E-state index in [0.717, 1.165) is 0 Å². The van der Waals surface area contributed by atoms with Crippen molar-refractivity contribution in [3.8, 4) is 0 Å². The first kappa shape index (κ1) is 18.8. The molecule has 0 aromatic heterocycles. The van der Waals surface area contributed by atoms with Gasteiger partial charge in [0.2, 0.25) is 0 Å². The Morgan fingerprint density at radius 2 is 0.808 bits per heavy atom. The summed E-state index contributed by atoms with van der Waals surface area (Å²) in [6.45, 7) is 0. The molecule has 0 radical (unpaired) electrons. The molecule has 0 aliphatic rings. The fourth-order valence-corrected chi connectivity index (χ4v) is 13.7. The van der Waals surface area contributed by atoms with Crippen molar-refractivity contribution in [3.05, 3.63) is 72.8 Å². The molecule has 0 nitrogen and oxygen atoms in total. The predicted molar refractivity (Wildman–Crippen MR) is 121 cm³/mol. The Labute approximate surface area is 178 Å². The van der Waals surface area contributed by atoms with Crippen LogP contribution in [0.1, 0.15) is 0 Å². The molecule has 4 aromatic rings. The van der Waals surface area contributed by atoms with E-state index in [1.165, 1.54) is 10.8 Å². The monoisotopic (exact) mass is 602 g/mol. The van der Waals surface area contributed by atoms with E-state index in [4.69, 9.17) is 0 Å². The third-order valence-electron chi connectivity index (χ3n) is 4.32. The summed E-state index contributed by atoms with van der Waals surface area (Å²) in [5.74, 6) is 4.66. The number of rotatable bonds is 5. The molecule has 0 N–H and O–H groups in total. The zero-order valence-electron chi connectivity index (χ0n) is 14.6. The SMILES string of the molecule is C[Se]c1cccc2cccc([Se][Se]c3cccc4cccc([Se]C)c34)c12. The third kappa shape index (κ3) is 3.72. The van der Waals surface area contributed by atoms with Gasteiger partial charge in [-0.05, 0) is 0 Å². The second-order valence-electron chi connectivity index (χ2n) is 5.80. The van der Waals surface area contributed by atoms with Gasteiger partial charge in [0.05, 0.1) is 0 Å². The van der Waals surface area contributed by atoms with Gasteiger partial charge in [-0.25, -0.2) is 0 Å². The van der Waals surface area contributed by atoms with Gasteiger partial charge in [-0.15, -0.1) is 0 Å². The van der Waals surface area contributed by atoms with Gasteiger partial charge < -0.3 is 0 Å². The molecular weight excluding hydrogens is 580 g/mol. The molecule has 0 unspecified atom stereocenters. The van der Waals surface area contributed by atoms with Crippen molar-refractivity contribution < 1.29 is 0 Å². The topological polar surface area (TPSA) is 0 Å². The molecule has 0 saturated heterocycles. The maximum absolute atomic E-state index is 2.37. The van der Waals surface area contributed by atoms with Crippen molar-refractivity contribution in [3.63, 3.8) is 0 Å². The molecule has 0 heterocycles. The minimum atomic E-state index is 0.510. The van der Waals surface area contributed by atoms with E-state index >= 15 is 0 Å². The summed E-state index contributed by atoms with van der Waals surface area (Å²) in [4.78, 5) is 0. The molecule has 0 aliphatic heterocycles. The zero-order valence-corrected chi connectivity index (χ0v) is 21.4. The first-order valence-corrected chi connectivity index (χ1v) is 19.5. The summed E-state index contributed by atoms with van der Waals surface area (Å²) in [5.41, 5.74) is 0. The molecule has 4 rings (SSSR count). The fraction of sp³-hybridized carbons (Fsp3) is 0.0909. The molecule has 0 fully saturated rings. The second kappa shape index (κ2) is 8.66. The van der Waals surface area contributed by atoms with E-state index < -0.39 is 0 Å².